The number of aliphatic carboxylic acids is 1. The summed E-state index contributed by atoms with van der Waals surface area (Å²) in [6.07, 6.45) is 1.33. The Morgan fingerprint density at radius 1 is 1.05 bits per heavy atom. The van der Waals surface area contributed by atoms with Crippen LogP contribution >= 0.6 is 0 Å². The van der Waals surface area contributed by atoms with Crippen LogP contribution in [-0.2, 0) is 19.1 Å². The van der Waals surface area contributed by atoms with Crippen molar-refractivity contribution in [2.45, 2.75) is 44.2 Å². The zero-order valence-corrected chi connectivity index (χ0v) is 14.8. The SMILES string of the molecule is NCCCC[C@H](N)C(=O)OC(=O)CC[C@H](N)C(=O)[O-].[K+]. The molecular formula is C11H20KN3O5. The number of carbonyl (C=O) groups is 3. The van der Waals surface area contributed by atoms with Gasteiger partial charge in [0.25, 0.3) is 0 Å². The molecule has 6 N–H and O–H groups in total. The molecule has 0 fully saturated rings. The van der Waals surface area contributed by atoms with E-state index in [2.05, 4.69) is 4.74 Å². The summed E-state index contributed by atoms with van der Waals surface area (Å²) in [6, 6.07) is -2.15. The van der Waals surface area contributed by atoms with E-state index in [1.165, 1.54) is 0 Å². The average molecular weight is 313 g/mol. The van der Waals surface area contributed by atoms with Gasteiger partial charge >= 0.3 is 63.3 Å². The minimum absolute atomic E-state index is 0. The molecule has 2 atom stereocenters. The Kier molecular flexibility index (Phi) is 14.4. The van der Waals surface area contributed by atoms with Gasteiger partial charge < -0.3 is 31.8 Å². The van der Waals surface area contributed by atoms with Crippen LogP contribution in [0.5, 0.6) is 0 Å². The number of esters is 2. The first-order valence-corrected chi connectivity index (χ1v) is 6.05. The molecule has 0 heterocycles. The van der Waals surface area contributed by atoms with Gasteiger partial charge in [0.15, 0.2) is 0 Å². The number of rotatable bonds is 9. The topological polar surface area (TPSA) is 162 Å². The summed E-state index contributed by atoms with van der Waals surface area (Å²) in [7, 11) is 0. The normalized spacial score (nSPS) is 12.9. The number of unbranched alkanes of at least 4 members (excludes halogenated alkanes) is 1. The van der Waals surface area contributed by atoms with Gasteiger partial charge in [-0.05, 0) is 25.8 Å². The first-order valence-electron chi connectivity index (χ1n) is 6.05. The smallest absolute Gasteiger partial charge is 0.548 e. The third kappa shape index (κ3) is 10.9. The molecule has 0 spiro atoms. The molecule has 0 bridgehead atoms. The Bertz CT molecular complexity index is 327. The maximum absolute atomic E-state index is 11.4. The van der Waals surface area contributed by atoms with E-state index in [4.69, 9.17) is 17.2 Å². The fraction of sp³-hybridized carbons (Fsp3) is 0.727. The van der Waals surface area contributed by atoms with E-state index in [1.807, 2.05) is 0 Å². The molecule has 0 amide bonds. The number of carboxylic acid groups (broad SMARTS) is 1. The number of carboxylic acids is 1. The molecule has 0 saturated heterocycles. The van der Waals surface area contributed by atoms with Crippen LogP contribution in [0.15, 0.2) is 0 Å². The van der Waals surface area contributed by atoms with Crippen LogP contribution in [-0.4, -0.2) is 36.5 Å². The van der Waals surface area contributed by atoms with Crippen molar-refractivity contribution in [1.29, 1.82) is 0 Å². The van der Waals surface area contributed by atoms with Crippen molar-refractivity contribution in [2.24, 2.45) is 17.2 Å². The minimum atomic E-state index is -1.46. The Morgan fingerprint density at radius 2 is 1.65 bits per heavy atom. The van der Waals surface area contributed by atoms with Gasteiger partial charge in [0.2, 0.25) is 0 Å². The summed E-state index contributed by atoms with van der Waals surface area (Å²) < 4.78 is 4.47. The summed E-state index contributed by atoms with van der Waals surface area (Å²) in [5, 5.41) is 10.3. The van der Waals surface area contributed by atoms with Gasteiger partial charge in [-0.15, -0.1) is 0 Å². The first kappa shape index (κ1) is 22.4. The minimum Gasteiger partial charge on any atom is -0.548 e. The third-order valence-corrected chi connectivity index (χ3v) is 2.45. The van der Waals surface area contributed by atoms with Crippen molar-refractivity contribution < 1.29 is 75.6 Å². The first-order chi connectivity index (χ1) is 8.88. The maximum Gasteiger partial charge on any atom is 1.00 e. The molecule has 0 aliphatic rings. The third-order valence-electron chi connectivity index (χ3n) is 2.45. The van der Waals surface area contributed by atoms with Crippen LogP contribution in [0.4, 0.5) is 0 Å². The molecule has 0 unspecified atom stereocenters. The summed E-state index contributed by atoms with van der Waals surface area (Å²) >= 11 is 0. The number of hydrogen-bond acceptors (Lipinski definition) is 8. The standard InChI is InChI=1S/C11H21N3O5.K/c12-6-2-1-3-8(14)11(18)19-9(15)5-4-7(13)10(16)17;/h7-8H,1-6,12-14H2,(H,16,17);/q;+1/p-1/t7-,8-;/m0./s1. The molecule has 0 aromatic carbocycles. The predicted octanol–water partition coefficient (Wildman–Crippen LogP) is -5.63. The molecular weight excluding hydrogens is 293 g/mol. The van der Waals surface area contributed by atoms with Crippen molar-refractivity contribution in [2.75, 3.05) is 6.54 Å². The Morgan fingerprint density at radius 3 is 2.15 bits per heavy atom. The van der Waals surface area contributed by atoms with Gasteiger partial charge in [-0.1, -0.05) is 6.42 Å². The van der Waals surface area contributed by atoms with Crippen molar-refractivity contribution in [3.63, 3.8) is 0 Å². The van der Waals surface area contributed by atoms with E-state index in [1.54, 1.807) is 0 Å². The summed E-state index contributed by atoms with van der Waals surface area (Å²) in [5.41, 5.74) is 15.9. The van der Waals surface area contributed by atoms with E-state index >= 15 is 0 Å². The van der Waals surface area contributed by atoms with Crippen LogP contribution in [0.2, 0.25) is 0 Å². The van der Waals surface area contributed by atoms with E-state index < -0.39 is 30.0 Å². The molecule has 0 radical (unpaired) electrons. The largest absolute Gasteiger partial charge is 1.00 e. The molecule has 0 aromatic rings. The van der Waals surface area contributed by atoms with Gasteiger partial charge in [0.05, 0.1) is 5.97 Å². The zero-order chi connectivity index (χ0) is 14.8. The van der Waals surface area contributed by atoms with Crippen LogP contribution in [0, 0.1) is 0 Å². The molecule has 0 aliphatic carbocycles. The van der Waals surface area contributed by atoms with E-state index in [0.717, 1.165) is 6.42 Å². The van der Waals surface area contributed by atoms with Gasteiger partial charge in [-0.3, -0.25) is 4.79 Å². The average Bonchev–Trinajstić information content (AvgIpc) is 2.35. The van der Waals surface area contributed by atoms with Crippen molar-refractivity contribution in [1.82, 2.24) is 0 Å². The Balaban J connectivity index is 0. The Labute approximate surface area is 160 Å². The van der Waals surface area contributed by atoms with Crippen molar-refractivity contribution in [3.05, 3.63) is 0 Å². The molecule has 20 heavy (non-hydrogen) atoms. The molecule has 0 aliphatic heterocycles. The maximum atomic E-state index is 11.4. The van der Waals surface area contributed by atoms with Gasteiger partial charge in [0.1, 0.15) is 6.04 Å². The zero-order valence-electron chi connectivity index (χ0n) is 11.7. The molecule has 8 nitrogen and oxygen atoms in total. The second-order valence-electron chi connectivity index (χ2n) is 4.15. The van der Waals surface area contributed by atoms with Gasteiger partial charge in [0, 0.05) is 12.5 Å². The second kappa shape index (κ2) is 12.8. The van der Waals surface area contributed by atoms with E-state index in [0.29, 0.717) is 19.4 Å². The predicted molar refractivity (Wildman–Crippen MR) is 64.2 cm³/mol. The summed E-state index contributed by atoms with van der Waals surface area (Å²) in [6.45, 7) is 0.502. The van der Waals surface area contributed by atoms with Gasteiger partial charge in [-0.2, -0.15) is 0 Å². The van der Waals surface area contributed by atoms with Crippen molar-refractivity contribution >= 4 is 17.9 Å². The molecule has 110 valence electrons. The van der Waals surface area contributed by atoms with Crippen LogP contribution in [0.3, 0.4) is 0 Å². The van der Waals surface area contributed by atoms with Crippen LogP contribution in [0.25, 0.3) is 0 Å². The van der Waals surface area contributed by atoms with E-state index in [9.17, 15) is 19.5 Å². The van der Waals surface area contributed by atoms with Crippen LogP contribution < -0.4 is 73.7 Å². The summed E-state index contributed by atoms with van der Waals surface area (Å²) in [4.78, 5) is 32.9. The fourth-order valence-corrected chi connectivity index (χ4v) is 1.26. The monoisotopic (exact) mass is 313 g/mol. The van der Waals surface area contributed by atoms with Crippen LogP contribution in [0.1, 0.15) is 32.1 Å². The molecule has 0 saturated carbocycles. The summed E-state index contributed by atoms with van der Waals surface area (Å²) in [5.74, 6) is -3.14. The van der Waals surface area contributed by atoms with E-state index in [-0.39, 0.29) is 64.2 Å². The van der Waals surface area contributed by atoms with Crippen molar-refractivity contribution in [3.8, 4) is 0 Å². The quantitative estimate of drug-likeness (QED) is 0.164. The number of ether oxygens (including phenoxy) is 1. The fourth-order valence-electron chi connectivity index (χ4n) is 1.26. The number of hydrogen-bond donors (Lipinski definition) is 3. The number of nitrogens with two attached hydrogens (primary N) is 3. The molecule has 0 aromatic heterocycles. The molecule has 9 heteroatoms. The second-order valence-corrected chi connectivity index (χ2v) is 4.15. The molecule has 0 rings (SSSR count). The Hall–Kier alpha value is 0.126. The number of carbonyl (C=O) groups excluding carboxylic acids is 3. The van der Waals surface area contributed by atoms with Gasteiger partial charge in [-0.25, -0.2) is 4.79 Å².